The number of nitrogens with zero attached hydrogens (tertiary/aromatic N) is 3. The van der Waals surface area contributed by atoms with Crippen LogP contribution in [0.2, 0.25) is 0 Å². The van der Waals surface area contributed by atoms with Gasteiger partial charge in [0, 0.05) is 11.4 Å². The fourth-order valence-electron chi connectivity index (χ4n) is 4.98. The molecule has 204 valence electrons. The zero-order valence-corrected chi connectivity index (χ0v) is 22.4. The number of carbonyl (C=O) groups excluding carboxylic acids is 1. The molecule has 0 saturated heterocycles. The van der Waals surface area contributed by atoms with E-state index >= 15 is 0 Å². The highest BCUT2D eigenvalue weighted by Crippen LogP contribution is 2.36. The molecule has 0 radical (unpaired) electrons. The van der Waals surface area contributed by atoms with Gasteiger partial charge in [0.05, 0.1) is 36.3 Å². The summed E-state index contributed by atoms with van der Waals surface area (Å²) in [5.41, 5.74) is 0.0905. The van der Waals surface area contributed by atoms with Crippen LogP contribution in [0.15, 0.2) is 52.1 Å². The third kappa shape index (κ3) is 4.75. The number of alkyl halides is 3. The Labute approximate surface area is 225 Å². The molecule has 0 aliphatic carbocycles. The number of fused-ring (bicyclic) bond motifs is 3. The molecule has 11 heteroatoms. The number of hydrogen-bond donors (Lipinski definition) is 0. The van der Waals surface area contributed by atoms with Crippen LogP contribution in [0.4, 0.5) is 18.0 Å². The molecule has 1 aliphatic rings. The first-order chi connectivity index (χ1) is 18.5. The number of aryl methyl sites for hydroxylation is 2. The third-order valence-electron chi connectivity index (χ3n) is 6.93. The van der Waals surface area contributed by atoms with Crippen LogP contribution in [0.3, 0.4) is 0 Å². The third-order valence-corrected chi connectivity index (χ3v) is 8.17. The Bertz CT molecular complexity index is 1720. The van der Waals surface area contributed by atoms with Crippen LogP contribution in [0.5, 0.6) is 0 Å². The topological polar surface area (TPSA) is 73.5 Å². The van der Waals surface area contributed by atoms with E-state index < -0.39 is 34.8 Å². The summed E-state index contributed by atoms with van der Waals surface area (Å²) in [6.45, 7) is 6.26. The van der Waals surface area contributed by atoms with Gasteiger partial charge < -0.3 is 9.64 Å². The molecule has 0 saturated carbocycles. The molecule has 4 aromatic rings. The average molecular weight is 558 g/mol. The maximum absolute atomic E-state index is 14.0. The summed E-state index contributed by atoms with van der Waals surface area (Å²) in [5, 5.41) is 0.209. The molecule has 0 fully saturated rings. The van der Waals surface area contributed by atoms with Crippen molar-refractivity contribution in [3.05, 3.63) is 96.0 Å². The predicted molar refractivity (Wildman–Crippen MR) is 143 cm³/mol. The van der Waals surface area contributed by atoms with Crippen LogP contribution in [0.1, 0.15) is 39.6 Å². The average Bonchev–Trinajstić information content (AvgIpc) is 3.27. The van der Waals surface area contributed by atoms with Crippen molar-refractivity contribution >= 4 is 27.6 Å². The van der Waals surface area contributed by atoms with Crippen molar-refractivity contribution in [2.24, 2.45) is 0 Å². The van der Waals surface area contributed by atoms with E-state index in [0.717, 1.165) is 28.8 Å². The van der Waals surface area contributed by atoms with Gasteiger partial charge in [-0.1, -0.05) is 35.9 Å². The minimum absolute atomic E-state index is 0.0678. The predicted octanol–water partition coefficient (Wildman–Crippen LogP) is 5.41. The van der Waals surface area contributed by atoms with E-state index in [1.807, 2.05) is 32.0 Å². The number of rotatable bonds is 4. The minimum Gasteiger partial charge on any atom is -0.450 e. The fourth-order valence-corrected chi connectivity index (χ4v) is 6.32. The second kappa shape index (κ2) is 10.0. The first kappa shape index (κ1) is 26.7. The molecule has 3 heterocycles. The van der Waals surface area contributed by atoms with Gasteiger partial charge in [0.15, 0.2) is 0 Å². The molecule has 0 unspecified atom stereocenters. The Morgan fingerprint density at radius 2 is 1.85 bits per heavy atom. The molecule has 0 atom stereocenters. The Balaban J connectivity index is 1.80. The minimum atomic E-state index is -4.77. The lowest BCUT2D eigenvalue weighted by Gasteiger charge is -2.25. The van der Waals surface area contributed by atoms with Gasteiger partial charge in [0.25, 0.3) is 5.56 Å². The van der Waals surface area contributed by atoms with Gasteiger partial charge in [0.1, 0.15) is 4.83 Å². The van der Waals surface area contributed by atoms with E-state index in [1.54, 1.807) is 6.92 Å². The number of carbonyl (C=O) groups is 1. The van der Waals surface area contributed by atoms with Crippen molar-refractivity contribution in [2.75, 3.05) is 13.2 Å². The Morgan fingerprint density at radius 3 is 2.56 bits per heavy atom. The van der Waals surface area contributed by atoms with E-state index in [2.05, 4.69) is 0 Å². The summed E-state index contributed by atoms with van der Waals surface area (Å²) in [6.07, 6.45) is -4.94. The largest absolute Gasteiger partial charge is 0.450 e. The Kier molecular flexibility index (Phi) is 6.88. The fraction of sp³-hybridized carbons (Fsp3) is 0.321. The number of aromatic nitrogens is 2. The van der Waals surface area contributed by atoms with Crippen molar-refractivity contribution in [1.82, 2.24) is 14.0 Å². The van der Waals surface area contributed by atoms with E-state index in [1.165, 1.54) is 32.9 Å². The highest BCUT2D eigenvalue weighted by molar-refractivity contribution is 7.18. The van der Waals surface area contributed by atoms with Crippen LogP contribution in [-0.2, 0) is 30.4 Å². The monoisotopic (exact) mass is 557 g/mol. The molecule has 7 nitrogen and oxygen atoms in total. The van der Waals surface area contributed by atoms with Crippen molar-refractivity contribution in [1.29, 1.82) is 0 Å². The zero-order chi connectivity index (χ0) is 28.1. The summed E-state index contributed by atoms with van der Waals surface area (Å²) in [6, 6.07) is 10.4. The number of para-hydroxylation sites is 1. The summed E-state index contributed by atoms with van der Waals surface area (Å²) in [4.78, 5) is 42.8. The van der Waals surface area contributed by atoms with Gasteiger partial charge in [-0.05, 0) is 56.0 Å². The number of benzene rings is 2. The number of ether oxygens (including phenoxy) is 1. The second-order valence-corrected chi connectivity index (χ2v) is 10.6. The van der Waals surface area contributed by atoms with Gasteiger partial charge >= 0.3 is 18.0 Å². The Morgan fingerprint density at radius 1 is 1.10 bits per heavy atom. The highest BCUT2D eigenvalue weighted by Gasteiger charge is 2.36. The van der Waals surface area contributed by atoms with Crippen molar-refractivity contribution < 1.29 is 22.7 Å². The Hall–Kier alpha value is -3.86. The van der Waals surface area contributed by atoms with Crippen LogP contribution < -0.4 is 11.2 Å². The first-order valence-electron chi connectivity index (χ1n) is 12.5. The quantitative estimate of drug-likeness (QED) is 0.336. The molecule has 0 N–H and O–H groups in total. The van der Waals surface area contributed by atoms with Crippen LogP contribution >= 0.6 is 11.3 Å². The molecule has 1 aliphatic heterocycles. The van der Waals surface area contributed by atoms with Crippen molar-refractivity contribution in [2.45, 2.75) is 46.5 Å². The molecular weight excluding hydrogens is 531 g/mol. The van der Waals surface area contributed by atoms with Crippen molar-refractivity contribution in [3.8, 4) is 5.69 Å². The van der Waals surface area contributed by atoms with Gasteiger partial charge in [-0.3, -0.25) is 9.36 Å². The highest BCUT2D eigenvalue weighted by atomic mass is 32.1. The molecule has 39 heavy (non-hydrogen) atoms. The molecule has 2 aromatic heterocycles. The molecule has 2 aromatic carbocycles. The van der Waals surface area contributed by atoms with Crippen molar-refractivity contribution in [3.63, 3.8) is 0 Å². The SMILES string of the molecule is CCOC(=O)N1CCc2c(sc3c2c(=O)n(-c2ccccc2C(F)(F)F)c(=O)n3Cc2cc(C)ccc2C)C1. The number of halogens is 3. The maximum atomic E-state index is 14.0. The molecule has 0 spiro atoms. The van der Waals surface area contributed by atoms with Gasteiger partial charge in [0.2, 0.25) is 0 Å². The molecule has 1 amide bonds. The van der Waals surface area contributed by atoms with Crippen LogP contribution in [0.25, 0.3) is 15.9 Å². The molecule has 5 rings (SSSR count). The number of thiophene rings is 1. The van der Waals surface area contributed by atoms with E-state index in [-0.39, 0.29) is 31.6 Å². The summed E-state index contributed by atoms with van der Waals surface area (Å²) < 4.78 is 49.1. The van der Waals surface area contributed by atoms with Crippen LogP contribution in [-0.4, -0.2) is 33.3 Å². The lowest BCUT2D eigenvalue weighted by atomic mass is 10.0. The summed E-state index contributed by atoms with van der Waals surface area (Å²) in [7, 11) is 0. The molecular formula is C28H26F3N3O4S. The lowest BCUT2D eigenvalue weighted by molar-refractivity contribution is -0.137. The smallest absolute Gasteiger partial charge is 0.418 e. The zero-order valence-electron chi connectivity index (χ0n) is 21.6. The normalized spacial score (nSPS) is 13.5. The molecule has 0 bridgehead atoms. The van der Waals surface area contributed by atoms with Gasteiger partial charge in [-0.25, -0.2) is 14.2 Å². The summed E-state index contributed by atoms with van der Waals surface area (Å²) in [5.74, 6) is 0. The van der Waals surface area contributed by atoms with Gasteiger partial charge in [-0.15, -0.1) is 11.3 Å². The number of hydrogen-bond acceptors (Lipinski definition) is 5. The van der Waals surface area contributed by atoms with E-state index in [0.29, 0.717) is 26.3 Å². The lowest BCUT2D eigenvalue weighted by Crippen LogP contribution is -2.40. The maximum Gasteiger partial charge on any atom is 0.418 e. The first-order valence-corrected chi connectivity index (χ1v) is 13.3. The number of amides is 1. The van der Waals surface area contributed by atoms with E-state index in [9.17, 15) is 27.6 Å². The standard InChI is InChI=1S/C28H26F3N3O4S/c1-4-38-27(37)32-12-11-19-22(15-32)39-25-23(19)24(35)34(21-8-6-5-7-20(21)28(29,30)31)26(36)33(25)14-18-13-16(2)9-10-17(18)3/h5-10,13H,4,11-12,14-15H2,1-3H3. The van der Waals surface area contributed by atoms with E-state index in [4.69, 9.17) is 4.74 Å². The van der Waals surface area contributed by atoms with Crippen LogP contribution in [0, 0.1) is 13.8 Å². The second-order valence-electron chi connectivity index (χ2n) is 9.51. The van der Waals surface area contributed by atoms with Gasteiger partial charge in [-0.2, -0.15) is 13.2 Å². The summed E-state index contributed by atoms with van der Waals surface area (Å²) >= 11 is 1.21.